The molecule has 25 heavy (non-hydrogen) atoms. The predicted molar refractivity (Wildman–Crippen MR) is 89.4 cm³/mol. The molecule has 1 aliphatic rings. The molecule has 1 aliphatic heterocycles. The lowest BCUT2D eigenvalue weighted by Crippen LogP contribution is -2.42. The second kappa shape index (κ2) is 7.33. The minimum Gasteiger partial charge on any atom is -0.396 e. The molecule has 0 N–H and O–H groups in total. The molecule has 0 spiro atoms. The third kappa shape index (κ3) is 3.33. The zero-order valence-corrected chi connectivity index (χ0v) is 14.7. The highest BCUT2D eigenvalue weighted by atomic mass is 16.7. The Balaban J connectivity index is 2.28. The Morgan fingerprint density at radius 1 is 1.24 bits per heavy atom. The molecule has 1 aromatic carbocycles. The number of hydrogen-bond acceptors (Lipinski definition) is 6. The summed E-state index contributed by atoms with van der Waals surface area (Å²) in [4.78, 5) is 47.6. The molecule has 1 fully saturated rings. The number of benzene rings is 1. The molecule has 2 rings (SSSR count). The van der Waals surface area contributed by atoms with Crippen molar-refractivity contribution in [1.82, 2.24) is 9.96 Å². The van der Waals surface area contributed by atoms with Crippen LogP contribution in [0.25, 0.3) is 0 Å². The van der Waals surface area contributed by atoms with Crippen LogP contribution < -0.4 is 0 Å². The van der Waals surface area contributed by atoms with Crippen molar-refractivity contribution in [2.75, 3.05) is 13.7 Å². The minimum absolute atomic E-state index is 0.0609. The average Bonchev–Trinajstić information content (AvgIpc) is 2.78. The van der Waals surface area contributed by atoms with E-state index in [1.165, 1.54) is 11.9 Å². The highest BCUT2D eigenvalue weighted by Gasteiger charge is 2.55. The van der Waals surface area contributed by atoms with E-state index in [1.54, 1.807) is 44.3 Å². The zero-order chi connectivity index (χ0) is 18.6. The summed E-state index contributed by atoms with van der Waals surface area (Å²) in [5.41, 5.74) is 0.118. The molecule has 0 saturated carbocycles. The molecule has 8 heteroatoms. The van der Waals surface area contributed by atoms with Gasteiger partial charge in [-0.25, -0.2) is 9.59 Å². The molecular formula is C17H21N3O5. The summed E-state index contributed by atoms with van der Waals surface area (Å²) in [6.07, 6.45) is 1.61. The molecule has 0 bridgehead atoms. The van der Waals surface area contributed by atoms with Gasteiger partial charge in [0.05, 0.1) is 6.21 Å². The standard InChI is InChI=1S/C17H21N3O5/c1-5-14(21)25-20-15(22)17(3,19(4)16(20)23)13-9-7-12(8-10-13)11-18-24-6-2/h7-11H,5-6H2,1-4H3. The van der Waals surface area contributed by atoms with Crippen LogP contribution in [-0.4, -0.2) is 47.7 Å². The number of hydrogen-bond donors (Lipinski definition) is 0. The van der Waals surface area contributed by atoms with Gasteiger partial charge < -0.3 is 14.6 Å². The van der Waals surface area contributed by atoms with Gasteiger partial charge in [-0.3, -0.25) is 4.79 Å². The minimum atomic E-state index is -1.26. The first-order chi connectivity index (χ1) is 11.9. The fourth-order valence-electron chi connectivity index (χ4n) is 2.39. The summed E-state index contributed by atoms with van der Waals surface area (Å²) in [7, 11) is 1.49. The monoisotopic (exact) mass is 347 g/mol. The molecule has 1 unspecified atom stereocenters. The van der Waals surface area contributed by atoms with Gasteiger partial charge in [-0.05, 0) is 25.0 Å². The number of urea groups is 1. The summed E-state index contributed by atoms with van der Waals surface area (Å²) in [6, 6.07) is 6.28. The van der Waals surface area contributed by atoms with Gasteiger partial charge in [0.1, 0.15) is 12.1 Å². The first kappa shape index (κ1) is 18.4. The van der Waals surface area contributed by atoms with E-state index in [2.05, 4.69) is 5.16 Å². The summed E-state index contributed by atoms with van der Waals surface area (Å²) >= 11 is 0. The Hall–Kier alpha value is -2.90. The molecule has 1 heterocycles. The first-order valence-corrected chi connectivity index (χ1v) is 7.95. The molecule has 0 aliphatic carbocycles. The number of likely N-dealkylation sites (N-methyl/N-ethyl adjacent to an activating group) is 1. The smallest absolute Gasteiger partial charge is 0.361 e. The molecule has 8 nitrogen and oxygen atoms in total. The maximum Gasteiger partial charge on any atom is 0.361 e. The molecule has 134 valence electrons. The van der Waals surface area contributed by atoms with Crippen molar-refractivity contribution in [3.05, 3.63) is 35.4 Å². The van der Waals surface area contributed by atoms with Gasteiger partial charge in [-0.15, -0.1) is 0 Å². The summed E-state index contributed by atoms with van der Waals surface area (Å²) in [5, 5.41) is 4.30. The quantitative estimate of drug-likeness (QED) is 0.446. The van der Waals surface area contributed by atoms with Gasteiger partial charge in [0.2, 0.25) is 0 Å². The maximum absolute atomic E-state index is 12.7. The van der Waals surface area contributed by atoms with E-state index in [4.69, 9.17) is 9.68 Å². The number of rotatable bonds is 6. The molecule has 3 amide bonds. The van der Waals surface area contributed by atoms with Crippen molar-refractivity contribution in [3.8, 4) is 0 Å². The van der Waals surface area contributed by atoms with E-state index < -0.39 is 23.4 Å². The van der Waals surface area contributed by atoms with Crippen molar-refractivity contribution >= 4 is 24.1 Å². The van der Waals surface area contributed by atoms with E-state index in [1.807, 2.05) is 6.92 Å². The third-order valence-electron chi connectivity index (χ3n) is 4.09. The fraction of sp³-hybridized carbons (Fsp3) is 0.412. The summed E-state index contributed by atoms with van der Waals surface area (Å²) < 4.78 is 0. The van der Waals surface area contributed by atoms with E-state index in [-0.39, 0.29) is 6.42 Å². The van der Waals surface area contributed by atoms with Crippen LogP contribution in [0.4, 0.5) is 4.79 Å². The van der Waals surface area contributed by atoms with Crippen LogP contribution in [0.1, 0.15) is 38.3 Å². The van der Waals surface area contributed by atoms with Crippen molar-refractivity contribution in [2.45, 2.75) is 32.7 Å². The van der Waals surface area contributed by atoms with Gasteiger partial charge in [-0.2, -0.15) is 0 Å². The van der Waals surface area contributed by atoms with Gasteiger partial charge >= 0.3 is 12.0 Å². The van der Waals surface area contributed by atoms with Crippen LogP contribution in [0.3, 0.4) is 0 Å². The normalized spacial score (nSPS) is 20.5. The molecular weight excluding hydrogens is 326 g/mol. The third-order valence-corrected chi connectivity index (χ3v) is 4.09. The first-order valence-electron chi connectivity index (χ1n) is 7.95. The van der Waals surface area contributed by atoms with Crippen LogP contribution >= 0.6 is 0 Å². The van der Waals surface area contributed by atoms with Crippen molar-refractivity contribution in [3.63, 3.8) is 0 Å². The lowest BCUT2D eigenvalue weighted by atomic mass is 9.90. The van der Waals surface area contributed by atoms with E-state index in [9.17, 15) is 14.4 Å². The van der Waals surface area contributed by atoms with Crippen molar-refractivity contribution < 1.29 is 24.1 Å². The molecule has 0 radical (unpaired) electrons. The van der Waals surface area contributed by atoms with Crippen molar-refractivity contribution in [1.29, 1.82) is 0 Å². The molecule has 0 aromatic heterocycles. The molecule has 1 aromatic rings. The number of amides is 3. The number of carbonyl (C=O) groups excluding carboxylic acids is 3. The Morgan fingerprint density at radius 2 is 1.88 bits per heavy atom. The van der Waals surface area contributed by atoms with Gasteiger partial charge in [-0.1, -0.05) is 41.4 Å². The average molecular weight is 347 g/mol. The predicted octanol–water partition coefficient (Wildman–Crippen LogP) is 2.03. The van der Waals surface area contributed by atoms with E-state index in [0.717, 1.165) is 5.56 Å². The van der Waals surface area contributed by atoms with Gasteiger partial charge in [0, 0.05) is 13.5 Å². The molecule has 1 atom stereocenters. The fourth-order valence-corrected chi connectivity index (χ4v) is 2.39. The summed E-state index contributed by atoms with van der Waals surface area (Å²) in [5.74, 6) is -1.26. The van der Waals surface area contributed by atoms with Crippen LogP contribution in [0.2, 0.25) is 0 Å². The van der Waals surface area contributed by atoms with Crippen LogP contribution in [-0.2, 0) is 24.8 Å². The van der Waals surface area contributed by atoms with Crippen LogP contribution in [0.15, 0.2) is 29.4 Å². The maximum atomic E-state index is 12.7. The number of carbonyl (C=O) groups is 3. The van der Waals surface area contributed by atoms with Crippen LogP contribution in [0, 0.1) is 0 Å². The lowest BCUT2D eigenvalue weighted by molar-refractivity contribution is -0.184. The van der Waals surface area contributed by atoms with E-state index in [0.29, 0.717) is 17.2 Å². The van der Waals surface area contributed by atoms with Crippen molar-refractivity contribution in [2.24, 2.45) is 5.16 Å². The highest BCUT2D eigenvalue weighted by molar-refractivity contribution is 6.06. The number of hydroxylamine groups is 2. The second-order valence-electron chi connectivity index (χ2n) is 5.60. The number of nitrogens with zero attached hydrogens (tertiary/aromatic N) is 3. The lowest BCUT2D eigenvalue weighted by Gasteiger charge is -2.28. The Bertz CT molecular complexity index is 701. The Labute approximate surface area is 145 Å². The zero-order valence-electron chi connectivity index (χ0n) is 14.7. The van der Waals surface area contributed by atoms with Gasteiger partial charge in [0.25, 0.3) is 5.91 Å². The van der Waals surface area contributed by atoms with Crippen LogP contribution in [0.5, 0.6) is 0 Å². The SMILES string of the molecule is CCON=Cc1ccc(C2(C)C(=O)N(OC(=O)CC)C(=O)N2C)cc1. The second-order valence-corrected chi connectivity index (χ2v) is 5.60. The Kier molecular flexibility index (Phi) is 5.41. The number of oxime groups is 1. The summed E-state index contributed by atoms with van der Waals surface area (Å²) in [6.45, 7) is 5.49. The van der Waals surface area contributed by atoms with Gasteiger partial charge in [0.15, 0.2) is 0 Å². The van der Waals surface area contributed by atoms with E-state index >= 15 is 0 Å². The Morgan fingerprint density at radius 3 is 2.44 bits per heavy atom. The molecule has 1 saturated heterocycles. The highest BCUT2D eigenvalue weighted by Crippen LogP contribution is 2.36. The number of imide groups is 1. The topological polar surface area (TPSA) is 88.5 Å². The largest absolute Gasteiger partial charge is 0.396 e.